The number of benzene rings is 1. The minimum absolute atomic E-state index is 0.278. The molecular formula is C15H14N2O2. The van der Waals surface area contributed by atoms with Gasteiger partial charge in [0.1, 0.15) is 5.75 Å². The van der Waals surface area contributed by atoms with E-state index in [-0.39, 0.29) is 5.75 Å². The third-order valence-corrected chi connectivity index (χ3v) is 3.04. The Morgan fingerprint density at radius 1 is 1.21 bits per heavy atom. The normalized spacial score (nSPS) is 10.8. The van der Waals surface area contributed by atoms with Crippen molar-refractivity contribution in [3.05, 3.63) is 60.0 Å². The van der Waals surface area contributed by atoms with Gasteiger partial charge in [0.25, 0.3) is 0 Å². The minimum Gasteiger partial charge on any atom is -0.508 e. The standard InChI is InChI=1S/C15H14N2O2/c1-19-14-3-2-8-17-10-12(16-15(14)17)9-11-4-6-13(18)7-5-11/h2-8,10,18H,9H2,1H3. The van der Waals surface area contributed by atoms with Gasteiger partial charge in [-0.15, -0.1) is 0 Å². The van der Waals surface area contributed by atoms with E-state index in [0.29, 0.717) is 0 Å². The molecule has 0 fully saturated rings. The lowest BCUT2D eigenvalue weighted by Crippen LogP contribution is -1.89. The highest BCUT2D eigenvalue weighted by Crippen LogP contribution is 2.20. The highest BCUT2D eigenvalue weighted by molar-refractivity contribution is 5.54. The van der Waals surface area contributed by atoms with Gasteiger partial charge in [-0.2, -0.15) is 0 Å². The van der Waals surface area contributed by atoms with Crippen LogP contribution in [-0.2, 0) is 6.42 Å². The molecule has 2 aromatic heterocycles. The first kappa shape index (κ1) is 11.6. The van der Waals surface area contributed by atoms with Crippen LogP contribution in [0.3, 0.4) is 0 Å². The fourth-order valence-electron chi connectivity index (χ4n) is 2.11. The van der Waals surface area contributed by atoms with Gasteiger partial charge < -0.3 is 14.2 Å². The van der Waals surface area contributed by atoms with Crippen LogP contribution in [0.1, 0.15) is 11.3 Å². The summed E-state index contributed by atoms with van der Waals surface area (Å²) >= 11 is 0. The summed E-state index contributed by atoms with van der Waals surface area (Å²) in [6, 6.07) is 11.0. The molecule has 4 heteroatoms. The molecule has 0 amide bonds. The first-order valence-corrected chi connectivity index (χ1v) is 6.05. The highest BCUT2D eigenvalue weighted by Gasteiger charge is 2.07. The predicted molar refractivity (Wildman–Crippen MR) is 72.7 cm³/mol. The average molecular weight is 254 g/mol. The summed E-state index contributed by atoms with van der Waals surface area (Å²) in [7, 11) is 1.64. The van der Waals surface area contributed by atoms with Gasteiger partial charge in [-0.05, 0) is 29.8 Å². The number of rotatable bonds is 3. The number of phenols is 1. The molecule has 2 heterocycles. The van der Waals surface area contributed by atoms with Crippen LogP contribution in [0, 0.1) is 0 Å². The van der Waals surface area contributed by atoms with Crippen molar-refractivity contribution in [2.24, 2.45) is 0 Å². The van der Waals surface area contributed by atoms with E-state index in [2.05, 4.69) is 4.98 Å². The molecule has 0 atom stereocenters. The zero-order valence-electron chi connectivity index (χ0n) is 10.6. The number of hydrogen-bond donors (Lipinski definition) is 1. The van der Waals surface area contributed by atoms with Crippen LogP contribution in [0.25, 0.3) is 5.65 Å². The molecule has 0 aliphatic heterocycles. The Labute approximate surface area is 110 Å². The third kappa shape index (κ3) is 2.25. The van der Waals surface area contributed by atoms with Crippen molar-refractivity contribution in [3.63, 3.8) is 0 Å². The Kier molecular flexibility index (Phi) is 2.83. The molecule has 3 rings (SSSR count). The van der Waals surface area contributed by atoms with Gasteiger partial charge in [0.15, 0.2) is 11.4 Å². The second-order valence-electron chi connectivity index (χ2n) is 4.38. The zero-order chi connectivity index (χ0) is 13.2. The molecule has 96 valence electrons. The van der Waals surface area contributed by atoms with Crippen LogP contribution in [0.5, 0.6) is 11.5 Å². The fourth-order valence-corrected chi connectivity index (χ4v) is 2.11. The summed E-state index contributed by atoms with van der Waals surface area (Å²) in [6.45, 7) is 0. The molecule has 1 aromatic carbocycles. The van der Waals surface area contributed by atoms with Gasteiger partial charge in [-0.25, -0.2) is 4.98 Å². The van der Waals surface area contributed by atoms with Crippen molar-refractivity contribution < 1.29 is 9.84 Å². The minimum atomic E-state index is 0.278. The Balaban J connectivity index is 1.95. The molecule has 19 heavy (non-hydrogen) atoms. The summed E-state index contributed by atoms with van der Waals surface area (Å²) in [5, 5.41) is 9.27. The molecule has 0 saturated heterocycles. The van der Waals surface area contributed by atoms with Crippen LogP contribution in [-0.4, -0.2) is 21.6 Å². The lowest BCUT2D eigenvalue weighted by atomic mass is 10.1. The van der Waals surface area contributed by atoms with Crippen LogP contribution in [0.15, 0.2) is 48.8 Å². The summed E-state index contributed by atoms with van der Waals surface area (Å²) in [4.78, 5) is 4.58. The van der Waals surface area contributed by atoms with Gasteiger partial charge in [0.2, 0.25) is 0 Å². The maximum absolute atomic E-state index is 9.27. The number of phenolic OH excluding ortho intramolecular Hbond substituents is 1. The number of aromatic nitrogens is 2. The molecule has 0 radical (unpaired) electrons. The van der Waals surface area contributed by atoms with Crippen LogP contribution >= 0.6 is 0 Å². The van der Waals surface area contributed by atoms with E-state index >= 15 is 0 Å². The predicted octanol–water partition coefficient (Wildman–Crippen LogP) is 2.64. The van der Waals surface area contributed by atoms with Crippen LogP contribution in [0.2, 0.25) is 0 Å². The van der Waals surface area contributed by atoms with Gasteiger partial charge in [-0.1, -0.05) is 12.1 Å². The van der Waals surface area contributed by atoms with Crippen LogP contribution in [0.4, 0.5) is 0 Å². The van der Waals surface area contributed by atoms with E-state index in [0.717, 1.165) is 29.1 Å². The first-order chi connectivity index (χ1) is 9.26. The second-order valence-corrected chi connectivity index (χ2v) is 4.38. The van der Waals surface area contributed by atoms with Crippen molar-refractivity contribution in [2.45, 2.75) is 6.42 Å². The van der Waals surface area contributed by atoms with Gasteiger partial charge >= 0.3 is 0 Å². The van der Waals surface area contributed by atoms with Crippen molar-refractivity contribution in [3.8, 4) is 11.5 Å². The van der Waals surface area contributed by atoms with Crippen molar-refractivity contribution >= 4 is 5.65 Å². The lowest BCUT2D eigenvalue weighted by Gasteiger charge is -1.99. The summed E-state index contributed by atoms with van der Waals surface area (Å²) in [5.41, 5.74) is 2.90. The maximum atomic E-state index is 9.27. The van der Waals surface area contributed by atoms with E-state index in [1.807, 2.05) is 41.1 Å². The number of fused-ring (bicyclic) bond motifs is 1. The largest absolute Gasteiger partial charge is 0.508 e. The lowest BCUT2D eigenvalue weighted by molar-refractivity contribution is 0.417. The monoisotopic (exact) mass is 254 g/mol. The van der Waals surface area contributed by atoms with E-state index < -0.39 is 0 Å². The smallest absolute Gasteiger partial charge is 0.179 e. The number of pyridine rings is 1. The number of ether oxygens (including phenoxy) is 1. The maximum Gasteiger partial charge on any atom is 0.179 e. The topological polar surface area (TPSA) is 46.8 Å². The third-order valence-electron chi connectivity index (χ3n) is 3.04. The molecule has 0 bridgehead atoms. The summed E-state index contributed by atoms with van der Waals surface area (Å²) in [5.74, 6) is 1.04. The first-order valence-electron chi connectivity index (χ1n) is 6.05. The summed E-state index contributed by atoms with van der Waals surface area (Å²) in [6.07, 6.45) is 4.67. The van der Waals surface area contributed by atoms with Crippen molar-refractivity contribution in [1.29, 1.82) is 0 Å². The zero-order valence-corrected chi connectivity index (χ0v) is 10.6. The molecule has 0 unspecified atom stereocenters. The van der Waals surface area contributed by atoms with E-state index in [4.69, 9.17) is 4.74 Å². The Bertz CT molecular complexity index is 702. The second kappa shape index (κ2) is 4.65. The number of methoxy groups -OCH3 is 1. The SMILES string of the molecule is COc1cccn2cc(Cc3ccc(O)cc3)nc12. The van der Waals surface area contributed by atoms with E-state index in [1.165, 1.54) is 0 Å². The fraction of sp³-hybridized carbons (Fsp3) is 0.133. The molecule has 0 aliphatic carbocycles. The molecule has 0 saturated carbocycles. The van der Waals surface area contributed by atoms with Crippen LogP contribution < -0.4 is 4.74 Å². The molecule has 0 spiro atoms. The Hall–Kier alpha value is -2.49. The van der Waals surface area contributed by atoms with Gasteiger partial charge in [0, 0.05) is 18.8 Å². The highest BCUT2D eigenvalue weighted by atomic mass is 16.5. The molecule has 4 nitrogen and oxygen atoms in total. The number of aromatic hydroxyl groups is 1. The van der Waals surface area contributed by atoms with Crippen molar-refractivity contribution in [1.82, 2.24) is 9.38 Å². The average Bonchev–Trinajstić information content (AvgIpc) is 2.83. The Morgan fingerprint density at radius 3 is 2.74 bits per heavy atom. The van der Waals surface area contributed by atoms with Gasteiger partial charge in [0.05, 0.1) is 12.8 Å². The molecule has 3 aromatic rings. The molecular weight excluding hydrogens is 240 g/mol. The summed E-state index contributed by atoms with van der Waals surface area (Å²) < 4.78 is 7.24. The van der Waals surface area contributed by atoms with Crippen molar-refractivity contribution in [2.75, 3.05) is 7.11 Å². The van der Waals surface area contributed by atoms with E-state index in [9.17, 15) is 5.11 Å². The number of imidazole rings is 1. The number of hydrogen-bond acceptors (Lipinski definition) is 3. The molecule has 1 N–H and O–H groups in total. The van der Waals surface area contributed by atoms with E-state index in [1.54, 1.807) is 19.2 Å². The quantitative estimate of drug-likeness (QED) is 0.781. The van der Waals surface area contributed by atoms with Gasteiger partial charge in [-0.3, -0.25) is 0 Å². The molecule has 0 aliphatic rings. The number of nitrogens with zero attached hydrogens (tertiary/aromatic N) is 2. The Morgan fingerprint density at radius 2 is 2.00 bits per heavy atom.